The fraction of sp³-hybridized carbons (Fsp3) is 0.0455. The summed E-state index contributed by atoms with van der Waals surface area (Å²) in [5.41, 5.74) is 3.58. The number of halogens is 1. The van der Waals surface area contributed by atoms with Gasteiger partial charge in [0.05, 0.1) is 11.4 Å². The Morgan fingerprint density at radius 1 is 1.07 bits per heavy atom. The van der Waals surface area contributed by atoms with Gasteiger partial charge in [0, 0.05) is 35.2 Å². The molecule has 5 nitrogen and oxygen atoms in total. The minimum atomic E-state index is -0.403. The van der Waals surface area contributed by atoms with Crippen LogP contribution in [0.3, 0.4) is 0 Å². The number of aryl methyl sites for hydroxylation is 1. The molecule has 29 heavy (non-hydrogen) atoms. The fourth-order valence-electron chi connectivity index (χ4n) is 2.93. The lowest BCUT2D eigenvalue weighted by molar-refractivity contribution is 0.102. The van der Waals surface area contributed by atoms with Crippen molar-refractivity contribution in [3.05, 3.63) is 95.5 Å². The molecule has 1 N–H and O–H groups in total. The van der Waals surface area contributed by atoms with Crippen LogP contribution >= 0.6 is 11.3 Å². The second-order valence-electron chi connectivity index (χ2n) is 6.32. The minimum Gasteiger partial charge on any atom is -0.322 e. The van der Waals surface area contributed by atoms with E-state index in [1.807, 2.05) is 41.5 Å². The number of benzene rings is 2. The molecule has 0 fully saturated rings. The van der Waals surface area contributed by atoms with Crippen molar-refractivity contribution in [1.29, 1.82) is 0 Å². The van der Waals surface area contributed by atoms with Gasteiger partial charge in [-0.25, -0.2) is 9.37 Å². The number of nitrogens with zero attached hydrogens (tertiary/aromatic N) is 3. The Kier molecular flexibility index (Phi) is 5.31. The van der Waals surface area contributed by atoms with E-state index in [0.29, 0.717) is 11.3 Å². The average Bonchev–Trinajstić information content (AvgIpc) is 3.25. The van der Waals surface area contributed by atoms with E-state index in [2.05, 4.69) is 15.3 Å². The van der Waals surface area contributed by atoms with Crippen LogP contribution < -0.4 is 10.2 Å². The Balaban J connectivity index is 1.72. The van der Waals surface area contributed by atoms with Gasteiger partial charge < -0.3 is 5.32 Å². The summed E-state index contributed by atoms with van der Waals surface area (Å²) in [5.74, 6) is -0.717. The van der Waals surface area contributed by atoms with Gasteiger partial charge in [-0.3, -0.25) is 14.7 Å². The summed E-state index contributed by atoms with van der Waals surface area (Å²) in [6.07, 6.45) is 5.17. The van der Waals surface area contributed by atoms with Gasteiger partial charge in [0.25, 0.3) is 5.91 Å². The topological polar surface area (TPSA) is 58.1 Å². The van der Waals surface area contributed by atoms with Gasteiger partial charge in [-0.15, -0.1) is 11.3 Å². The highest BCUT2D eigenvalue weighted by Crippen LogP contribution is 2.37. The summed E-state index contributed by atoms with van der Waals surface area (Å²) < 4.78 is 13.4. The quantitative estimate of drug-likeness (QED) is 0.463. The van der Waals surface area contributed by atoms with Crippen LogP contribution in [0.1, 0.15) is 15.9 Å². The van der Waals surface area contributed by atoms with Crippen molar-refractivity contribution in [3.8, 4) is 0 Å². The van der Waals surface area contributed by atoms with Crippen molar-refractivity contribution in [1.82, 2.24) is 9.97 Å². The minimum absolute atomic E-state index is 0.314. The molecule has 2 heterocycles. The van der Waals surface area contributed by atoms with Crippen molar-refractivity contribution in [2.24, 2.45) is 0 Å². The number of nitrogens with one attached hydrogen (secondary N) is 1. The number of anilines is 4. The molecule has 0 atom stereocenters. The van der Waals surface area contributed by atoms with E-state index in [1.54, 1.807) is 36.8 Å². The van der Waals surface area contributed by atoms with Crippen molar-refractivity contribution < 1.29 is 9.18 Å². The lowest BCUT2D eigenvalue weighted by Gasteiger charge is -2.24. The molecule has 0 unspecified atom stereocenters. The number of rotatable bonds is 5. The van der Waals surface area contributed by atoms with Gasteiger partial charge in [-0.05, 0) is 55.0 Å². The highest BCUT2D eigenvalue weighted by molar-refractivity contribution is 7.13. The molecule has 144 valence electrons. The molecule has 0 saturated carbocycles. The lowest BCUT2D eigenvalue weighted by Crippen LogP contribution is -2.15. The van der Waals surface area contributed by atoms with Crippen molar-refractivity contribution in [2.45, 2.75) is 6.92 Å². The van der Waals surface area contributed by atoms with Gasteiger partial charge in [0.1, 0.15) is 5.82 Å². The summed E-state index contributed by atoms with van der Waals surface area (Å²) in [5, 5.41) is 5.42. The van der Waals surface area contributed by atoms with Gasteiger partial charge in [0.2, 0.25) is 0 Å². The number of pyridine rings is 1. The molecular formula is C22H17FN4OS. The Hall–Kier alpha value is -3.58. The van der Waals surface area contributed by atoms with E-state index in [4.69, 9.17) is 0 Å². The van der Waals surface area contributed by atoms with Crippen LogP contribution in [0.15, 0.2) is 78.6 Å². The van der Waals surface area contributed by atoms with Crippen LogP contribution in [0.4, 0.5) is 26.6 Å². The van der Waals surface area contributed by atoms with Crippen molar-refractivity contribution >= 4 is 39.4 Å². The standard InChI is InChI=1S/C22H17FN4OS/c1-15-5-6-16(21(28)26-18-4-2-3-17(23)14-18)13-20(15)27(22-25-11-12-29-22)19-7-9-24-10-8-19/h2-14H,1H3,(H,26,28). The van der Waals surface area contributed by atoms with Crippen LogP contribution in [0.5, 0.6) is 0 Å². The van der Waals surface area contributed by atoms with Gasteiger partial charge in [0.15, 0.2) is 5.13 Å². The third-order valence-corrected chi connectivity index (χ3v) is 5.08. The van der Waals surface area contributed by atoms with Crippen molar-refractivity contribution in [3.63, 3.8) is 0 Å². The highest BCUT2D eigenvalue weighted by atomic mass is 32.1. The van der Waals surface area contributed by atoms with Crippen LogP contribution in [0, 0.1) is 12.7 Å². The molecule has 1 amide bonds. The van der Waals surface area contributed by atoms with Crippen LogP contribution in [-0.4, -0.2) is 15.9 Å². The Bertz CT molecular complexity index is 1130. The van der Waals surface area contributed by atoms with E-state index < -0.39 is 5.82 Å². The summed E-state index contributed by atoms with van der Waals surface area (Å²) in [4.78, 5) is 23.3. The second kappa shape index (κ2) is 8.20. The van der Waals surface area contributed by atoms with Gasteiger partial charge >= 0.3 is 0 Å². The number of carbonyl (C=O) groups is 1. The highest BCUT2D eigenvalue weighted by Gasteiger charge is 2.18. The maximum absolute atomic E-state index is 13.4. The first-order valence-electron chi connectivity index (χ1n) is 8.89. The Morgan fingerprint density at radius 3 is 2.62 bits per heavy atom. The number of aromatic nitrogens is 2. The zero-order valence-corrected chi connectivity index (χ0v) is 16.4. The number of carbonyl (C=O) groups excluding carboxylic acids is 1. The van der Waals surface area contributed by atoms with Crippen molar-refractivity contribution in [2.75, 3.05) is 10.2 Å². The molecule has 0 saturated heterocycles. The van der Waals surface area contributed by atoms with Gasteiger partial charge in [-0.2, -0.15) is 0 Å². The number of hydrogen-bond donors (Lipinski definition) is 1. The summed E-state index contributed by atoms with van der Waals surface area (Å²) in [7, 11) is 0. The first-order valence-corrected chi connectivity index (χ1v) is 9.77. The zero-order chi connectivity index (χ0) is 20.2. The molecule has 0 aliphatic rings. The van der Waals surface area contributed by atoms with Gasteiger partial charge in [-0.1, -0.05) is 12.1 Å². The maximum Gasteiger partial charge on any atom is 0.255 e. The summed E-state index contributed by atoms with van der Waals surface area (Å²) >= 11 is 1.50. The van der Waals surface area contributed by atoms with E-state index in [0.717, 1.165) is 22.1 Å². The molecule has 0 bridgehead atoms. The number of amides is 1. The largest absolute Gasteiger partial charge is 0.322 e. The van der Waals surface area contributed by atoms with Crippen LogP contribution in [0.2, 0.25) is 0 Å². The summed E-state index contributed by atoms with van der Waals surface area (Å²) in [6, 6.07) is 15.0. The average molecular weight is 404 g/mol. The third-order valence-electron chi connectivity index (χ3n) is 4.33. The second-order valence-corrected chi connectivity index (χ2v) is 7.19. The maximum atomic E-state index is 13.4. The normalized spacial score (nSPS) is 10.6. The molecule has 2 aromatic heterocycles. The van der Waals surface area contributed by atoms with Crippen LogP contribution in [-0.2, 0) is 0 Å². The Morgan fingerprint density at radius 2 is 1.90 bits per heavy atom. The smallest absolute Gasteiger partial charge is 0.255 e. The molecule has 2 aromatic carbocycles. The molecule has 0 radical (unpaired) electrons. The number of thiazole rings is 1. The van der Waals surface area contributed by atoms with E-state index >= 15 is 0 Å². The predicted molar refractivity (Wildman–Crippen MR) is 114 cm³/mol. The SMILES string of the molecule is Cc1ccc(C(=O)Nc2cccc(F)c2)cc1N(c1ccncc1)c1nccs1. The fourth-order valence-corrected chi connectivity index (χ4v) is 3.61. The first-order chi connectivity index (χ1) is 14.1. The van der Waals surface area contributed by atoms with E-state index in [1.165, 1.54) is 23.5 Å². The Labute approximate surface area is 171 Å². The monoisotopic (exact) mass is 404 g/mol. The molecule has 4 aromatic rings. The summed E-state index contributed by atoms with van der Waals surface area (Å²) in [6.45, 7) is 1.98. The molecule has 0 spiro atoms. The number of hydrogen-bond acceptors (Lipinski definition) is 5. The molecular weight excluding hydrogens is 387 g/mol. The predicted octanol–water partition coefficient (Wildman–Crippen LogP) is 5.71. The van der Waals surface area contributed by atoms with E-state index in [9.17, 15) is 9.18 Å². The third kappa shape index (κ3) is 4.14. The molecule has 7 heteroatoms. The molecule has 4 rings (SSSR count). The first kappa shape index (κ1) is 18.8. The lowest BCUT2D eigenvalue weighted by atomic mass is 10.1. The molecule has 0 aliphatic heterocycles. The molecule has 0 aliphatic carbocycles. The zero-order valence-electron chi connectivity index (χ0n) is 15.5. The van der Waals surface area contributed by atoms with E-state index in [-0.39, 0.29) is 5.91 Å². The van der Waals surface area contributed by atoms with Crippen LogP contribution in [0.25, 0.3) is 0 Å².